The van der Waals surface area contributed by atoms with E-state index in [4.69, 9.17) is 4.42 Å². The lowest BCUT2D eigenvalue weighted by atomic mass is 10.00. The van der Waals surface area contributed by atoms with Crippen LogP contribution in [0.3, 0.4) is 0 Å². The monoisotopic (exact) mass is 481 g/mol. The Bertz CT molecular complexity index is 1320. The molecule has 1 saturated carbocycles. The van der Waals surface area contributed by atoms with Gasteiger partial charge in [0.15, 0.2) is 0 Å². The molecule has 1 unspecified atom stereocenters. The molecule has 4 aromatic rings. The fourth-order valence-electron chi connectivity index (χ4n) is 4.50. The largest absolute Gasteiger partial charge is 0.468 e. The molecule has 36 heavy (non-hydrogen) atoms. The van der Waals surface area contributed by atoms with Crippen molar-refractivity contribution in [2.24, 2.45) is 0 Å². The fourth-order valence-corrected chi connectivity index (χ4v) is 4.50. The van der Waals surface area contributed by atoms with Crippen LogP contribution in [-0.2, 0) is 17.9 Å². The zero-order chi connectivity index (χ0) is 24.9. The van der Waals surface area contributed by atoms with Gasteiger partial charge in [-0.05, 0) is 65.9 Å². The number of carbonyl (C=O) groups excluding carboxylic acids is 2. The van der Waals surface area contributed by atoms with Gasteiger partial charge in [0.1, 0.15) is 5.76 Å². The Morgan fingerprint density at radius 1 is 0.944 bits per heavy atom. The Hall–Kier alpha value is -3.90. The van der Waals surface area contributed by atoms with E-state index in [9.17, 15) is 9.59 Å². The van der Waals surface area contributed by atoms with Gasteiger partial charge in [-0.3, -0.25) is 14.5 Å². The summed E-state index contributed by atoms with van der Waals surface area (Å²) in [5.74, 6) is 0.714. The van der Waals surface area contributed by atoms with Crippen molar-refractivity contribution in [3.8, 4) is 0 Å². The summed E-state index contributed by atoms with van der Waals surface area (Å²) in [5, 5.41) is 8.48. The van der Waals surface area contributed by atoms with Crippen LogP contribution in [0.1, 0.15) is 53.1 Å². The molecule has 2 N–H and O–H groups in total. The van der Waals surface area contributed by atoms with E-state index in [1.807, 2.05) is 66.4 Å². The lowest BCUT2D eigenvalue weighted by Gasteiger charge is -2.23. The summed E-state index contributed by atoms with van der Waals surface area (Å²) in [6, 6.07) is 26.0. The lowest BCUT2D eigenvalue weighted by molar-refractivity contribution is -0.123. The molecule has 1 heterocycles. The Morgan fingerprint density at radius 2 is 1.72 bits per heavy atom. The Kier molecular flexibility index (Phi) is 7.14. The normalized spacial score (nSPS) is 14.1. The van der Waals surface area contributed by atoms with E-state index in [2.05, 4.69) is 34.9 Å². The number of rotatable bonds is 10. The number of hydrogen-bond acceptors (Lipinski definition) is 4. The summed E-state index contributed by atoms with van der Waals surface area (Å²) in [4.78, 5) is 27.5. The Labute approximate surface area is 211 Å². The molecule has 0 saturated heterocycles. The first-order chi connectivity index (χ1) is 17.5. The van der Waals surface area contributed by atoms with Gasteiger partial charge in [0, 0.05) is 18.2 Å². The number of nitrogens with zero attached hydrogens (tertiary/aromatic N) is 1. The van der Waals surface area contributed by atoms with E-state index < -0.39 is 0 Å². The van der Waals surface area contributed by atoms with E-state index in [1.165, 1.54) is 0 Å². The predicted octanol–water partition coefficient (Wildman–Crippen LogP) is 5.20. The summed E-state index contributed by atoms with van der Waals surface area (Å²) in [7, 11) is 0. The van der Waals surface area contributed by atoms with Gasteiger partial charge in [0.25, 0.3) is 5.91 Å². The third-order valence-corrected chi connectivity index (χ3v) is 6.53. The zero-order valence-electron chi connectivity index (χ0n) is 20.4. The van der Waals surface area contributed by atoms with E-state index in [0.717, 1.165) is 40.5 Å². The number of nitrogens with one attached hydrogen (secondary N) is 2. The minimum atomic E-state index is -0.127. The quantitative estimate of drug-likeness (QED) is 0.326. The van der Waals surface area contributed by atoms with Crippen LogP contribution in [0.25, 0.3) is 10.8 Å². The summed E-state index contributed by atoms with van der Waals surface area (Å²) in [6.45, 7) is 3.30. The summed E-state index contributed by atoms with van der Waals surface area (Å²) in [5.41, 5.74) is 2.78. The van der Waals surface area contributed by atoms with Gasteiger partial charge in [-0.15, -0.1) is 0 Å². The molecule has 1 aliphatic carbocycles. The second kappa shape index (κ2) is 10.8. The molecule has 5 rings (SSSR count). The molecule has 2 amide bonds. The summed E-state index contributed by atoms with van der Waals surface area (Å²) < 4.78 is 5.55. The van der Waals surface area contributed by atoms with Gasteiger partial charge < -0.3 is 15.1 Å². The first-order valence-electron chi connectivity index (χ1n) is 12.5. The number of amides is 2. The van der Waals surface area contributed by atoms with Crippen molar-refractivity contribution in [3.63, 3.8) is 0 Å². The van der Waals surface area contributed by atoms with E-state index in [1.54, 1.807) is 6.26 Å². The van der Waals surface area contributed by atoms with Gasteiger partial charge in [0.2, 0.25) is 5.91 Å². The van der Waals surface area contributed by atoms with Crippen LogP contribution >= 0.6 is 0 Å². The minimum Gasteiger partial charge on any atom is -0.468 e. The lowest BCUT2D eigenvalue weighted by Crippen LogP contribution is -2.37. The van der Waals surface area contributed by atoms with Crippen LogP contribution in [0.15, 0.2) is 89.5 Å². The maximum atomic E-state index is 13.1. The first kappa shape index (κ1) is 23.8. The molecule has 1 atom stereocenters. The first-order valence-corrected chi connectivity index (χ1v) is 12.5. The highest BCUT2D eigenvalue weighted by atomic mass is 16.3. The van der Waals surface area contributed by atoms with E-state index in [0.29, 0.717) is 24.7 Å². The van der Waals surface area contributed by atoms with Gasteiger partial charge >= 0.3 is 0 Å². The van der Waals surface area contributed by atoms with Crippen LogP contribution in [-0.4, -0.2) is 29.3 Å². The Morgan fingerprint density at radius 3 is 2.47 bits per heavy atom. The van der Waals surface area contributed by atoms with Crippen LogP contribution in [0.5, 0.6) is 0 Å². The summed E-state index contributed by atoms with van der Waals surface area (Å²) >= 11 is 0. The number of hydrogen-bond donors (Lipinski definition) is 2. The van der Waals surface area contributed by atoms with Crippen molar-refractivity contribution in [2.45, 2.75) is 44.9 Å². The molecule has 1 fully saturated rings. The van der Waals surface area contributed by atoms with Crippen molar-refractivity contribution in [1.29, 1.82) is 0 Å². The Balaban J connectivity index is 1.25. The molecule has 6 heteroatoms. The highest BCUT2D eigenvalue weighted by molar-refractivity contribution is 5.94. The van der Waals surface area contributed by atoms with Crippen molar-refractivity contribution < 1.29 is 14.0 Å². The minimum absolute atomic E-state index is 0.0294. The molecule has 184 valence electrons. The summed E-state index contributed by atoms with van der Waals surface area (Å²) in [6.07, 6.45) is 3.77. The highest BCUT2D eigenvalue weighted by Gasteiger charge is 2.24. The second-order valence-electron chi connectivity index (χ2n) is 9.53. The molecule has 0 radical (unpaired) electrons. The molecule has 1 aromatic heterocycles. The van der Waals surface area contributed by atoms with Crippen LogP contribution in [0, 0.1) is 0 Å². The average molecular weight is 482 g/mol. The molecule has 0 bridgehead atoms. The van der Waals surface area contributed by atoms with Gasteiger partial charge in [-0.25, -0.2) is 0 Å². The molecule has 0 aliphatic heterocycles. The number of furan rings is 1. The van der Waals surface area contributed by atoms with Gasteiger partial charge in [0.05, 0.1) is 25.4 Å². The van der Waals surface area contributed by atoms with Crippen LogP contribution in [0.2, 0.25) is 0 Å². The van der Waals surface area contributed by atoms with Crippen molar-refractivity contribution >= 4 is 22.6 Å². The molecular weight excluding hydrogens is 450 g/mol. The zero-order valence-corrected chi connectivity index (χ0v) is 20.4. The smallest absolute Gasteiger partial charge is 0.251 e. The topological polar surface area (TPSA) is 74.6 Å². The van der Waals surface area contributed by atoms with E-state index >= 15 is 0 Å². The molecule has 0 spiro atoms. The van der Waals surface area contributed by atoms with Crippen LogP contribution < -0.4 is 10.6 Å². The number of fused-ring (bicyclic) bond motifs is 1. The highest BCUT2D eigenvalue weighted by Crippen LogP contribution is 2.24. The average Bonchev–Trinajstić information content (AvgIpc) is 3.55. The SMILES string of the molecule is CC(NC(=O)CN(Cc1ccc(C(=O)NC2CC2)cc1)Cc1ccco1)c1cccc2ccccc12. The van der Waals surface area contributed by atoms with Gasteiger partial charge in [-0.1, -0.05) is 54.6 Å². The van der Waals surface area contributed by atoms with Crippen molar-refractivity contribution in [1.82, 2.24) is 15.5 Å². The molecule has 6 nitrogen and oxygen atoms in total. The van der Waals surface area contributed by atoms with E-state index in [-0.39, 0.29) is 24.4 Å². The van der Waals surface area contributed by atoms with Crippen LogP contribution in [0.4, 0.5) is 0 Å². The fraction of sp³-hybridized carbons (Fsp3) is 0.267. The maximum Gasteiger partial charge on any atom is 0.251 e. The number of benzene rings is 3. The van der Waals surface area contributed by atoms with Crippen molar-refractivity contribution in [2.75, 3.05) is 6.54 Å². The molecule has 1 aliphatic rings. The predicted molar refractivity (Wildman–Crippen MR) is 140 cm³/mol. The third kappa shape index (κ3) is 6.01. The van der Waals surface area contributed by atoms with Gasteiger partial charge in [-0.2, -0.15) is 0 Å². The third-order valence-electron chi connectivity index (χ3n) is 6.53. The second-order valence-corrected chi connectivity index (χ2v) is 9.53. The molecule has 3 aromatic carbocycles. The number of carbonyl (C=O) groups is 2. The maximum absolute atomic E-state index is 13.1. The standard InChI is InChI=1S/C30H31N3O3/c1-21(27-10-4-7-23-6-2-3-9-28(23)27)31-29(34)20-33(19-26-8-5-17-36-26)18-22-11-13-24(14-12-22)30(35)32-25-15-16-25/h2-14,17,21,25H,15-16,18-20H2,1H3,(H,31,34)(H,32,35). The van der Waals surface area contributed by atoms with Crippen molar-refractivity contribution in [3.05, 3.63) is 108 Å². The molecular formula is C30H31N3O3.